The number of nitrogens with one attached hydrogen (secondary N) is 1. The standard InChI is InChI=1S/C15H22INO/c1-11-14(16)7-4-8-15(11)17-10-13(18)9-12-5-2-3-6-12/h4,7-8,12-13,17-18H,2-3,5-6,9-10H2,1H3. The Labute approximate surface area is 123 Å². The van der Waals surface area contributed by atoms with Crippen LogP contribution in [0.1, 0.15) is 37.7 Å². The largest absolute Gasteiger partial charge is 0.391 e. The summed E-state index contributed by atoms with van der Waals surface area (Å²) < 4.78 is 1.27. The van der Waals surface area contributed by atoms with Gasteiger partial charge < -0.3 is 10.4 Å². The van der Waals surface area contributed by atoms with Crippen molar-refractivity contribution < 1.29 is 5.11 Å². The first-order chi connectivity index (χ1) is 8.66. The molecule has 1 unspecified atom stereocenters. The maximum Gasteiger partial charge on any atom is 0.0715 e. The molecule has 2 nitrogen and oxygen atoms in total. The average molecular weight is 359 g/mol. The quantitative estimate of drug-likeness (QED) is 0.781. The summed E-state index contributed by atoms with van der Waals surface area (Å²) >= 11 is 2.34. The van der Waals surface area contributed by atoms with E-state index in [1.165, 1.54) is 34.8 Å². The number of hydrogen-bond donors (Lipinski definition) is 2. The normalized spacial score (nSPS) is 17.9. The molecule has 0 spiro atoms. The molecule has 1 aliphatic rings. The highest BCUT2D eigenvalue weighted by atomic mass is 127. The average Bonchev–Trinajstić information content (AvgIpc) is 2.84. The summed E-state index contributed by atoms with van der Waals surface area (Å²) in [5.41, 5.74) is 2.42. The van der Waals surface area contributed by atoms with E-state index in [2.05, 4.69) is 53.0 Å². The highest BCUT2D eigenvalue weighted by Gasteiger charge is 2.18. The van der Waals surface area contributed by atoms with Gasteiger partial charge in [0.25, 0.3) is 0 Å². The van der Waals surface area contributed by atoms with Crippen molar-refractivity contribution in [3.05, 3.63) is 27.3 Å². The van der Waals surface area contributed by atoms with E-state index in [4.69, 9.17) is 0 Å². The fourth-order valence-corrected chi connectivity index (χ4v) is 3.24. The van der Waals surface area contributed by atoms with E-state index >= 15 is 0 Å². The van der Waals surface area contributed by atoms with Gasteiger partial charge in [-0.3, -0.25) is 0 Å². The van der Waals surface area contributed by atoms with Gasteiger partial charge in [-0.25, -0.2) is 0 Å². The molecule has 3 heteroatoms. The third kappa shape index (κ3) is 3.85. The highest BCUT2D eigenvalue weighted by Crippen LogP contribution is 2.28. The third-order valence-electron chi connectivity index (χ3n) is 3.88. The molecule has 100 valence electrons. The van der Waals surface area contributed by atoms with Crippen molar-refractivity contribution >= 4 is 28.3 Å². The molecule has 0 aliphatic heterocycles. The van der Waals surface area contributed by atoms with Gasteiger partial charge in [0.05, 0.1) is 6.10 Å². The molecule has 18 heavy (non-hydrogen) atoms. The van der Waals surface area contributed by atoms with Gasteiger partial charge in [-0.05, 0) is 59.5 Å². The van der Waals surface area contributed by atoms with Crippen molar-refractivity contribution in [3.63, 3.8) is 0 Å². The topological polar surface area (TPSA) is 32.3 Å². The van der Waals surface area contributed by atoms with E-state index in [0.29, 0.717) is 6.54 Å². The number of aliphatic hydroxyl groups is 1. The van der Waals surface area contributed by atoms with Crippen LogP contribution in [0.25, 0.3) is 0 Å². The van der Waals surface area contributed by atoms with Gasteiger partial charge in [-0.2, -0.15) is 0 Å². The number of hydrogen-bond acceptors (Lipinski definition) is 2. The Balaban J connectivity index is 1.81. The number of rotatable bonds is 5. The first-order valence-electron chi connectivity index (χ1n) is 6.84. The second kappa shape index (κ2) is 6.75. The lowest BCUT2D eigenvalue weighted by Gasteiger charge is -2.17. The van der Waals surface area contributed by atoms with Crippen LogP contribution in [0.4, 0.5) is 5.69 Å². The lowest BCUT2D eigenvalue weighted by atomic mass is 10.00. The first kappa shape index (κ1) is 14.1. The monoisotopic (exact) mass is 359 g/mol. The summed E-state index contributed by atoms with van der Waals surface area (Å²) in [4.78, 5) is 0. The molecule has 0 saturated heterocycles. The van der Waals surface area contributed by atoms with Crippen molar-refractivity contribution in [2.24, 2.45) is 5.92 Å². The van der Waals surface area contributed by atoms with Gasteiger partial charge in [0, 0.05) is 15.8 Å². The maximum absolute atomic E-state index is 10.1. The molecule has 1 saturated carbocycles. The van der Waals surface area contributed by atoms with Gasteiger partial charge in [0.1, 0.15) is 0 Å². The second-order valence-electron chi connectivity index (χ2n) is 5.33. The summed E-state index contributed by atoms with van der Waals surface area (Å²) in [5, 5.41) is 13.4. The van der Waals surface area contributed by atoms with Crippen molar-refractivity contribution in [1.82, 2.24) is 0 Å². The lowest BCUT2D eigenvalue weighted by molar-refractivity contribution is 0.155. The Morgan fingerprint density at radius 3 is 2.83 bits per heavy atom. The Morgan fingerprint density at radius 1 is 1.39 bits per heavy atom. The first-order valence-corrected chi connectivity index (χ1v) is 7.91. The van der Waals surface area contributed by atoms with Crippen LogP contribution in [-0.4, -0.2) is 17.8 Å². The molecule has 0 radical (unpaired) electrons. The maximum atomic E-state index is 10.1. The Bertz CT molecular complexity index is 388. The van der Waals surface area contributed by atoms with Crippen LogP contribution >= 0.6 is 22.6 Å². The van der Waals surface area contributed by atoms with E-state index in [1.807, 2.05) is 0 Å². The minimum atomic E-state index is -0.217. The molecule has 0 bridgehead atoms. The number of aliphatic hydroxyl groups excluding tert-OH is 1. The molecule has 1 fully saturated rings. The molecule has 2 rings (SSSR count). The summed E-state index contributed by atoms with van der Waals surface area (Å²) in [5.74, 6) is 0.749. The molecular weight excluding hydrogens is 337 g/mol. The smallest absolute Gasteiger partial charge is 0.0715 e. The van der Waals surface area contributed by atoms with E-state index < -0.39 is 0 Å². The van der Waals surface area contributed by atoms with Gasteiger partial charge in [0.2, 0.25) is 0 Å². The predicted octanol–water partition coefficient (Wildman–Crippen LogP) is 3.95. The zero-order chi connectivity index (χ0) is 13.0. The molecule has 0 amide bonds. The van der Waals surface area contributed by atoms with Crippen LogP contribution < -0.4 is 5.32 Å². The molecule has 2 N–H and O–H groups in total. The highest BCUT2D eigenvalue weighted by molar-refractivity contribution is 14.1. The second-order valence-corrected chi connectivity index (χ2v) is 6.50. The van der Waals surface area contributed by atoms with Crippen LogP contribution in [0.3, 0.4) is 0 Å². The summed E-state index contributed by atoms with van der Waals surface area (Å²) in [6, 6.07) is 6.25. The van der Waals surface area contributed by atoms with Crippen molar-refractivity contribution in [2.75, 3.05) is 11.9 Å². The van der Waals surface area contributed by atoms with Crippen LogP contribution in [0.15, 0.2) is 18.2 Å². The molecule has 0 heterocycles. The number of benzene rings is 1. The molecular formula is C15H22INO. The Morgan fingerprint density at radius 2 is 2.11 bits per heavy atom. The van der Waals surface area contributed by atoms with E-state index in [0.717, 1.165) is 18.0 Å². The molecule has 1 atom stereocenters. The Hall–Kier alpha value is -0.290. The molecule has 1 aromatic rings. The minimum absolute atomic E-state index is 0.217. The van der Waals surface area contributed by atoms with Crippen LogP contribution in [0.2, 0.25) is 0 Å². The Kier molecular flexibility index (Phi) is 5.30. The van der Waals surface area contributed by atoms with E-state index in [-0.39, 0.29) is 6.10 Å². The summed E-state index contributed by atoms with van der Waals surface area (Å²) in [6.45, 7) is 2.78. The fraction of sp³-hybridized carbons (Fsp3) is 0.600. The fourth-order valence-electron chi connectivity index (χ4n) is 2.74. The summed E-state index contributed by atoms with van der Waals surface area (Å²) in [6.07, 6.45) is 6.04. The van der Waals surface area contributed by atoms with Crippen molar-refractivity contribution in [2.45, 2.75) is 45.1 Å². The van der Waals surface area contributed by atoms with Crippen LogP contribution in [-0.2, 0) is 0 Å². The van der Waals surface area contributed by atoms with Crippen molar-refractivity contribution in [1.29, 1.82) is 0 Å². The van der Waals surface area contributed by atoms with Gasteiger partial charge in [-0.1, -0.05) is 31.7 Å². The van der Waals surface area contributed by atoms with Crippen LogP contribution in [0.5, 0.6) is 0 Å². The number of anilines is 1. The zero-order valence-corrected chi connectivity index (χ0v) is 13.1. The predicted molar refractivity (Wildman–Crippen MR) is 85.0 cm³/mol. The minimum Gasteiger partial charge on any atom is -0.391 e. The molecule has 1 aromatic carbocycles. The van der Waals surface area contributed by atoms with Gasteiger partial charge >= 0.3 is 0 Å². The third-order valence-corrected chi connectivity index (χ3v) is 5.04. The van der Waals surface area contributed by atoms with Crippen molar-refractivity contribution in [3.8, 4) is 0 Å². The van der Waals surface area contributed by atoms with E-state index in [1.54, 1.807) is 0 Å². The molecule has 1 aliphatic carbocycles. The van der Waals surface area contributed by atoms with Gasteiger partial charge in [0.15, 0.2) is 0 Å². The van der Waals surface area contributed by atoms with Crippen LogP contribution in [0, 0.1) is 16.4 Å². The lowest BCUT2D eigenvalue weighted by Crippen LogP contribution is -2.22. The van der Waals surface area contributed by atoms with Gasteiger partial charge in [-0.15, -0.1) is 0 Å². The SMILES string of the molecule is Cc1c(I)cccc1NCC(O)CC1CCCC1. The van der Waals surface area contributed by atoms with E-state index in [9.17, 15) is 5.11 Å². The number of halogens is 1. The molecule has 0 aromatic heterocycles. The summed E-state index contributed by atoms with van der Waals surface area (Å²) in [7, 11) is 0. The zero-order valence-electron chi connectivity index (χ0n) is 11.0.